The van der Waals surface area contributed by atoms with Crippen LogP contribution in [0.15, 0.2) is 24.3 Å². The molecule has 1 unspecified atom stereocenters. The smallest absolute Gasteiger partial charge is 0.161 e. The molecule has 0 radical (unpaired) electrons. The molecule has 1 saturated heterocycles. The Hall–Kier alpha value is -0.980. The van der Waals surface area contributed by atoms with Gasteiger partial charge in [-0.05, 0) is 31.7 Å². The van der Waals surface area contributed by atoms with Crippen molar-refractivity contribution < 1.29 is 14.6 Å². The summed E-state index contributed by atoms with van der Waals surface area (Å²) in [5, 5.41) is 10.2. The number of nitrogens with zero attached hydrogens (tertiary/aromatic N) is 2. The molecule has 5 nitrogen and oxygen atoms in total. The number of piperazine rings is 1. The van der Waals surface area contributed by atoms with E-state index in [-0.39, 0.29) is 31.4 Å². The largest absolute Gasteiger partial charge is 0.493 e. The second-order valence-corrected chi connectivity index (χ2v) is 5.98. The van der Waals surface area contributed by atoms with Gasteiger partial charge in [-0.3, -0.25) is 4.90 Å². The van der Waals surface area contributed by atoms with Gasteiger partial charge in [-0.2, -0.15) is 0 Å². The number of rotatable bonds is 7. The normalized spacial score (nSPS) is 16.8. The standard InChI is InChI=1S/C18H28N2O3.2ClH/c1-4-5-15-6-7-17(18(12-15)22-3)23-14-16(21)13-20-10-8-19(2)9-11-20;;/h4-7,12,16,21H,8-11,13-14H2,1-3H3;2*1H/b5-4+;;. The number of likely N-dealkylation sites (N-methyl/N-ethyl adjacent to an activating group) is 1. The van der Waals surface area contributed by atoms with E-state index in [4.69, 9.17) is 9.47 Å². The van der Waals surface area contributed by atoms with Crippen LogP contribution in [0.3, 0.4) is 0 Å². The highest BCUT2D eigenvalue weighted by atomic mass is 35.5. The highest BCUT2D eigenvalue weighted by molar-refractivity contribution is 5.85. The van der Waals surface area contributed by atoms with Gasteiger partial charge >= 0.3 is 0 Å². The van der Waals surface area contributed by atoms with Crippen LogP contribution < -0.4 is 9.47 Å². The molecule has 0 aromatic heterocycles. The summed E-state index contributed by atoms with van der Waals surface area (Å²) in [6, 6.07) is 5.80. The van der Waals surface area contributed by atoms with Crippen LogP contribution in [0.2, 0.25) is 0 Å². The molecule has 1 fully saturated rings. The molecule has 1 atom stereocenters. The lowest BCUT2D eigenvalue weighted by Gasteiger charge is -2.33. The number of aliphatic hydroxyl groups is 1. The zero-order valence-corrected chi connectivity index (χ0v) is 16.8. The second-order valence-electron chi connectivity index (χ2n) is 5.98. The summed E-state index contributed by atoms with van der Waals surface area (Å²) in [5.41, 5.74) is 1.06. The van der Waals surface area contributed by atoms with Gasteiger partial charge in [0.25, 0.3) is 0 Å². The van der Waals surface area contributed by atoms with E-state index in [0.29, 0.717) is 18.0 Å². The van der Waals surface area contributed by atoms with Crippen molar-refractivity contribution in [2.45, 2.75) is 13.0 Å². The molecular formula is C18H30Cl2N2O3. The summed E-state index contributed by atoms with van der Waals surface area (Å²) in [5.74, 6) is 1.35. The van der Waals surface area contributed by atoms with Gasteiger partial charge in [0.15, 0.2) is 11.5 Å². The number of aliphatic hydroxyl groups excluding tert-OH is 1. The maximum atomic E-state index is 10.2. The molecule has 7 heteroatoms. The van der Waals surface area contributed by atoms with Crippen LogP contribution in [-0.2, 0) is 0 Å². The highest BCUT2D eigenvalue weighted by Crippen LogP contribution is 2.28. The third-order valence-corrected chi connectivity index (χ3v) is 4.04. The number of methoxy groups -OCH3 is 1. The Kier molecular flexibility index (Phi) is 11.9. The number of benzene rings is 1. The van der Waals surface area contributed by atoms with E-state index in [1.165, 1.54) is 0 Å². The molecule has 1 aliphatic rings. The monoisotopic (exact) mass is 392 g/mol. The number of hydrogen-bond acceptors (Lipinski definition) is 5. The average molecular weight is 393 g/mol. The van der Waals surface area contributed by atoms with Crippen molar-refractivity contribution in [1.82, 2.24) is 9.80 Å². The molecule has 144 valence electrons. The predicted molar refractivity (Wildman–Crippen MR) is 108 cm³/mol. The first-order chi connectivity index (χ1) is 11.1. The van der Waals surface area contributed by atoms with Crippen molar-refractivity contribution >= 4 is 30.9 Å². The number of halogens is 2. The van der Waals surface area contributed by atoms with Gasteiger partial charge in [-0.15, -0.1) is 24.8 Å². The molecule has 0 bridgehead atoms. The quantitative estimate of drug-likeness (QED) is 0.772. The Morgan fingerprint density at radius 2 is 1.84 bits per heavy atom. The first kappa shape index (κ1) is 24.0. The van der Waals surface area contributed by atoms with Gasteiger partial charge in [0.2, 0.25) is 0 Å². The van der Waals surface area contributed by atoms with Crippen LogP contribution in [0.1, 0.15) is 12.5 Å². The second kappa shape index (κ2) is 12.4. The Labute approximate surface area is 163 Å². The summed E-state index contributed by atoms with van der Waals surface area (Å²) >= 11 is 0. The first-order valence-corrected chi connectivity index (χ1v) is 8.15. The Balaban J connectivity index is 0.00000288. The lowest BCUT2D eigenvalue weighted by molar-refractivity contribution is 0.0498. The lowest BCUT2D eigenvalue weighted by Crippen LogP contribution is -2.47. The summed E-state index contributed by atoms with van der Waals surface area (Å²) in [6.07, 6.45) is 3.49. The van der Waals surface area contributed by atoms with E-state index in [9.17, 15) is 5.11 Å². The molecule has 2 rings (SSSR count). The lowest BCUT2D eigenvalue weighted by atomic mass is 10.2. The van der Waals surface area contributed by atoms with E-state index >= 15 is 0 Å². The molecule has 1 N–H and O–H groups in total. The fourth-order valence-electron chi connectivity index (χ4n) is 2.67. The van der Waals surface area contributed by atoms with Crippen LogP contribution in [0, 0.1) is 0 Å². The molecule has 0 saturated carbocycles. The number of hydrogen-bond donors (Lipinski definition) is 1. The van der Waals surface area contributed by atoms with Gasteiger partial charge in [-0.1, -0.05) is 18.2 Å². The van der Waals surface area contributed by atoms with Gasteiger partial charge in [0.05, 0.1) is 7.11 Å². The maximum absolute atomic E-state index is 10.2. The summed E-state index contributed by atoms with van der Waals surface area (Å²) in [6.45, 7) is 6.98. The minimum atomic E-state index is -0.502. The van der Waals surface area contributed by atoms with Crippen LogP contribution in [0.5, 0.6) is 11.5 Å². The van der Waals surface area contributed by atoms with Crippen molar-refractivity contribution in [3.05, 3.63) is 29.8 Å². The van der Waals surface area contributed by atoms with Gasteiger partial charge in [-0.25, -0.2) is 0 Å². The van der Waals surface area contributed by atoms with E-state index in [2.05, 4.69) is 16.8 Å². The molecule has 25 heavy (non-hydrogen) atoms. The maximum Gasteiger partial charge on any atom is 0.161 e. The Bertz CT molecular complexity index is 521. The first-order valence-electron chi connectivity index (χ1n) is 8.15. The molecule has 1 aromatic carbocycles. The molecule has 0 amide bonds. The summed E-state index contributed by atoms with van der Waals surface area (Å²) in [4.78, 5) is 4.58. The number of allylic oxidation sites excluding steroid dienone is 1. The molecule has 0 aliphatic carbocycles. The highest BCUT2D eigenvalue weighted by Gasteiger charge is 2.17. The van der Waals surface area contributed by atoms with Crippen LogP contribution in [0.4, 0.5) is 0 Å². The summed E-state index contributed by atoms with van der Waals surface area (Å²) in [7, 11) is 3.75. The average Bonchev–Trinajstić information content (AvgIpc) is 2.56. The van der Waals surface area contributed by atoms with Gasteiger partial charge in [0.1, 0.15) is 12.7 Å². The Morgan fingerprint density at radius 3 is 2.44 bits per heavy atom. The van der Waals surface area contributed by atoms with Gasteiger partial charge < -0.3 is 19.5 Å². The van der Waals surface area contributed by atoms with Crippen LogP contribution in [0.25, 0.3) is 6.08 Å². The zero-order valence-electron chi connectivity index (χ0n) is 15.2. The fraction of sp³-hybridized carbons (Fsp3) is 0.556. The van der Waals surface area contributed by atoms with E-state index in [1.54, 1.807) is 7.11 Å². The SMILES string of the molecule is C/C=C/c1ccc(OCC(O)CN2CCN(C)CC2)c(OC)c1.Cl.Cl. The molecule has 1 heterocycles. The minimum absolute atomic E-state index is 0. The minimum Gasteiger partial charge on any atom is -0.493 e. The molecule has 1 aromatic rings. The van der Waals surface area contributed by atoms with E-state index in [0.717, 1.165) is 31.7 Å². The van der Waals surface area contributed by atoms with E-state index < -0.39 is 6.10 Å². The molecular weight excluding hydrogens is 363 g/mol. The Morgan fingerprint density at radius 1 is 1.16 bits per heavy atom. The van der Waals surface area contributed by atoms with Crippen molar-refractivity contribution in [2.75, 3.05) is 53.5 Å². The predicted octanol–water partition coefficient (Wildman–Crippen LogP) is 2.56. The van der Waals surface area contributed by atoms with Gasteiger partial charge in [0, 0.05) is 32.7 Å². The van der Waals surface area contributed by atoms with E-state index in [1.807, 2.05) is 37.3 Å². The third-order valence-electron chi connectivity index (χ3n) is 4.04. The zero-order chi connectivity index (χ0) is 16.7. The topological polar surface area (TPSA) is 45.2 Å². The van der Waals surface area contributed by atoms with Crippen molar-refractivity contribution in [3.63, 3.8) is 0 Å². The fourth-order valence-corrected chi connectivity index (χ4v) is 2.67. The van der Waals surface area contributed by atoms with Crippen molar-refractivity contribution in [2.24, 2.45) is 0 Å². The number of β-amino-alcohol motifs (C(OH)–C–C–N with tert-alkyl or cyclic N) is 1. The summed E-state index contributed by atoms with van der Waals surface area (Å²) < 4.78 is 11.1. The van der Waals surface area contributed by atoms with Crippen molar-refractivity contribution in [1.29, 1.82) is 0 Å². The van der Waals surface area contributed by atoms with Crippen molar-refractivity contribution in [3.8, 4) is 11.5 Å². The van der Waals surface area contributed by atoms with Crippen LogP contribution in [-0.4, -0.2) is 74.5 Å². The third kappa shape index (κ3) is 7.84. The molecule has 0 spiro atoms. The number of ether oxygens (including phenoxy) is 2. The molecule has 1 aliphatic heterocycles. The van der Waals surface area contributed by atoms with Crippen LogP contribution >= 0.6 is 24.8 Å².